The highest BCUT2D eigenvalue weighted by molar-refractivity contribution is 5.90. The lowest BCUT2D eigenvalue weighted by molar-refractivity contribution is -0.105. The Morgan fingerprint density at radius 1 is 1.18 bits per heavy atom. The Morgan fingerprint density at radius 2 is 1.87 bits per heavy atom. The van der Waals surface area contributed by atoms with Crippen molar-refractivity contribution in [3.05, 3.63) is 40.6 Å². The van der Waals surface area contributed by atoms with Crippen LogP contribution in [0.3, 0.4) is 0 Å². The van der Waals surface area contributed by atoms with Crippen molar-refractivity contribution in [3.63, 3.8) is 0 Å². The average Bonchev–Trinajstić information content (AvgIpc) is 2.96. The lowest BCUT2D eigenvalue weighted by Crippen LogP contribution is -2.55. The van der Waals surface area contributed by atoms with Crippen LogP contribution in [0.1, 0.15) is 30.4 Å². The van der Waals surface area contributed by atoms with Crippen LogP contribution in [0.4, 0.5) is 4.79 Å². The van der Waals surface area contributed by atoms with Crippen LogP contribution in [0.5, 0.6) is 11.5 Å². The second-order valence-corrected chi connectivity index (χ2v) is 10.7. The zero-order valence-electron chi connectivity index (χ0n) is 24.0. The van der Waals surface area contributed by atoms with E-state index in [1.807, 2.05) is 37.3 Å². The Balaban J connectivity index is 1.63. The van der Waals surface area contributed by atoms with Crippen LogP contribution >= 0.6 is 0 Å². The van der Waals surface area contributed by atoms with E-state index in [9.17, 15) is 9.59 Å². The second kappa shape index (κ2) is 12.8. The number of allylic oxidation sites excluding steroid dienone is 1. The lowest BCUT2D eigenvalue weighted by atomic mass is 9.88. The summed E-state index contributed by atoms with van der Waals surface area (Å²) in [7, 11) is 8.88. The number of aldehydes is 1. The first-order valence-corrected chi connectivity index (χ1v) is 13.7. The number of amides is 2. The summed E-state index contributed by atoms with van der Waals surface area (Å²) in [5.41, 5.74) is 4.31. The Kier molecular flexibility index (Phi) is 9.53. The standard InChI is InChI=1S/C29H43N5O5/c1-30-28(36)34-10-6-23(22(16-34)19-35)24(17-32(2)3)21-14-26(37-4)25(27(15-21)38-5)18-33-11-7-29(8-12-33)20-31-9-13-39-29/h14-15,17,19,31H,6-13,16,18,20H2,1-5H3,(H,30,36)/b24-17-. The van der Waals surface area contributed by atoms with E-state index in [0.717, 1.165) is 85.7 Å². The van der Waals surface area contributed by atoms with E-state index in [1.54, 1.807) is 26.2 Å². The van der Waals surface area contributed by atoms with E-state index in [4.69, 9.17) is 14.2 Å². The van der Waals surface area contributed by atoms with Crippen LogP contribution in [-0.4, -0.2) is 114 Å². The summed E-state index contributed by atoms with van der Waals surface area (Å²) in [6.07, 6.45) is 5.44. The molecule has 4 rings (SSSR count). The quantitative estimate of drug-likeness (QED) is 0.484. The normalized spacial score (nSPS) is 20.1. The fourth-order valence-corrected chi connectivity index (χ4v) is 5.79. The third kappa shape index (κ3) is 6.57. The van der Waals surface area contributed by atoms with E-state index in [1.165, 1.54) is 0 Å². The highest BCUT2D eigenvalue weighted by Crippen LogP contribution is 2.39. The Morgan fingerprint density at radius 3 is 2.41 bits per heavy atom. The molecule has 0 unspecified atom stereocenters. The summed E-state index contributed by atoms with van der Waals surface area (Å²) in [6.45, 7) is 6.02. The maximum absolute atomic E-state index is 12.2. The molecule has 0 aliphatic carbocycles. The Hall–Kier alpha value is -3.08. The molecule has 2 N–H and O–H groups in total. The Labute approximate surface area is 231 Å². The van der Waals surface area contributed by atoms with Gasteiger partial charge in [-0.15, -0.1) is 0 Å². The number of carbonyl (C=O) groups excluding carboxylic acids is 2. The maximum Gasteiger partial charge on any atom is 0.317 e. The molecule has 10 heteroatoms. The van der Waals surface area contributed by atoms with Crippen LogP contribution in [0.2, 0.25) is 0 Å². The number of carbonyl (C=O) groups is 2. The van der Waals surface area contributed by atoms with E-state index in [0.29, 0.717) is 25.1 Å². The minimum absolute atomic E-state index is 0.0456. The first-order valence-electron chi connectivity index (χ1n) is 13.7. The van der Waals surface area contributed by atoms with Crippen molar-refractivity contribution >= 4 is 17.9 Å². The summed E-state index contributed by atoms with van der Waals surface area (Å²) in [5.74, 6) is 1.50. The molecule has 0 saturated carbocycles. The van der Waals surface area contributed by atoms with E-state index in [2.05, 4.69) is 15.5 Å². The number of hydrogen-bond acceptors (Lipinski definition) is 8. The van der Waals surface area contributed by atoms with Gasteiger partial charge in [0.15, 0.2) is 0 Å². The van der Waals surface area contributed by atoms with Crippen molar-refractivity contribution < 1.29 is 23.8 Å². The van der Waals surface area contributed by atoms with E-state index < -0.39 is 0 Å². The number of rotatable bonds is 8. The smallest absolute Gasteiger partial charge is 0.317 e. The summed E-state index contributed by atoms with van der Waals surface area (Å²) in [5, 5.41) is 6.13. The van der Waals surface area contributed by atoms with Gasteiger partial charge in [-0.05, 0) is 42.5 Å². The van der Waals surface area contributed by atoms with Gasteiger partial charge in [-0.25, -0.2) is 4.79 Å². The largest absolute Gasteiger partial charge is 0.496 e. The number of ether oxygens (including phenoxy) is 3. The third-order valence-electron chi connectivity index (χ3n) is 7.94. The second-order valence-electron chi connectivity index (χ2n) is 10.7. The van der Waals surface area contributed by atoms with Crippen LogP contribution in [0.25, 0.3) is 5.57 Å². The molecule has 2 amide bonds. The molecule has 0 bridgehead atoms. The summed E-state index contributed by atoms with van der Waals surface area (Å²) >= 11 is 0. The van der Waals surface area contributed by atoms with Crippen LogP contribution in [0, 0.1) is 0 Å². The molecule has 39 heavy (non-hydrogen) atoms. The van der Waals surface area contributed by atoms with Crippen LogP contribution in [-0.2, 0) is 16.1 Å². The molecule has 2 fully saturated rings. The topological polar surface area (TPSA) is 95.6 Å². The molecule has 3 aliphatic rings. The first-order chi connectivity index (χ1) is 18.8. The van der Waals surface area contributed by atoms with Gasteiger partial charge in [0, 0.05) is 77.8 Å². The van der Waals surface area contributed by atoms with Crippen molar-refractivity contribution in [1.29, 1.82) is 0 Å². The highest BCUT2D eigenvalue weighted by atomic mass is 16.5. The maximum atomic E-state index is 12.2. The fourth-order valence-electron chi connectivity index (χ4n) is 5.79. The first kappa shape index (κ1) is 28.9. The molecule has 0 radical (unpaired) electrons. The van der Waals surface area contributed by atoms with Gasteiger partial charge in [-0.2, -0.15) is 0 Å². The van der Waals surface area contributed by atoms with Gasteiger partial charge in [-0.3, -0.25) is 9.69 Å². The van der Waals surface area contributed by atoms with Gasteiger partial charge in [0.05, 0.1) is 38.5 Å². The molecule has 2 saturated heterocycles. The minimum Gasteiger partial charge on any atom is -0.496 e. The predicted octanol–water partition coefficient (Wildman–Crippen LogP) is 2.10. The van der Waals surface area contributed by atoms with Gasteiger partial charge in [-0.1, -0.05) is 0 Å². The molecular weight excluding hydrogens is 498 g/mol. The number of methoxy groups -OCH3 is 2. The number of piperidine rings is 1. The molecule has 10 nitrogen and oxygen atoms in total. The van der Waals surface area contributed by atoms with Crippen molar-refractivity contribution in [2.24, 2.45) is 0 Å². The fraction of sp³-hybridized carbons (Fsp3) is 0.586. The number of likely N-dealkylation sites (tertiary alicyclic amines) is 1. The zero-order valence-corrected chi connectivity index (χ0v) is 24.0. The molecule has 214 valence electrons. The molecule has 3 heterocycles. The molecular formula is C29H43N5O5. The van der Waals surface area contributed by atoms with Gasteiger partial charge >= 0.3 is 6.03 Å². The van der Waals surface area contributed by atoms with Gasteiger partial charge in [0.25, 0.3) is 0 Å². The third-order valence-corrected chi connectivity index (χ3v) is 7.94. The van der Waals surface area contributed by atoms with Crippen LogP contribution in [0.15, 0.2) is 29.5 Å². The number of hydrogen-bond donors (Lipinski definition) is 2. The van der Waals surface area contributed by atoms with Crippen molar-refractivity contribution in [3.8, 4) is 11.5 Å². The zero-order chi connectivity index (χ0) is 28.0. The number of benzene rings is 1. The minimum atomic E-state index is -0.186. The molecule has 0 aromatic heterocycles. The van der Waals surface area contributed by atoms with Gasteiger partial charge in [0.2, 0.25) is 0 Å². The number of urea groups is 1. The number of nitrogens with zero attached hydrogens (tertiary/aromatic N) is 3. The SMILES string of the molecule is CNC(=O)N1CCC(/C(=C\N(C)C)c2cc(OC)c(CN3CCC4(CC3)CNCCO4)c(OC)c2)=C(C=O)C1. The predicted molar refractivity (Wildman–Crippen MR) is 151 cm³/mol. The molecule has 1 aromatic rings. The molecule has 3 aliphatic heterocycles. The number of morpholine rings is 1. The van der Waals surface area contributed by atoms with Gasteiger partial charge < -0.3 is 34.6 Å². The molecule has 1 aromatic carbocycles. The summed E-state index contributed by atoms with van der Waals surface area (Å²) in [6, 6.07) is 3.88. The average molecular weight is 542 g/mol. The summed E-state index contributed by atoms with van der Waals surface area (Å²) in [4.78, 5) is 30.4. The van der Waals surface area contributed by atoms with E-state index in [-0.39, 0.29) is 18.2 Å². The lowest BCUT2D eigenvalue weighted by Gasteiger charge is -2.44. The molecule has 1 spiro atoms. The van der Waals surface area contributed by atoms with Crippen LogP contribution < -0.4 is 20.1 Å². The van der Waals surface area contributed by atoms with Gasteiger partial charge in [0.1, 0.15) is 17.8 Å². The van der Waals surface area contributed by atoms with E-state index >= 15 is 0 Å². The monoisotopic (exact) mass is 541 g/mol. The van der Waals surface area contributed by atoms with Crippen molar-refractivity contribution in [1.82, 2.24) is 25.3 Å². The van der Waals surface area contributed by atoms with Crippen molar-refractivity contribution in [2.75, 3.05) is 81.2 Å². The van der Waals surface area contributed by atoms with Crippen molar-refractivity contribution in [2.45, 2.75) is 31.4 Å². The number of nitrogens with one attached hydrogen (secondary N) is 2. The summed E-state index contributed by atoms with van der Waals surface area (Å²) < 4.78 is 18.0. The Bertz CT molecular complexity index is 1070. The highest BCUT2D eigenvalue weighted by Gasteiger charge is 2.37. The molecule has 0 atom stereocenters.